The summed E-state index contributed by atoms with van der Waals surface area (Å²) in [7, 11) is 0. The number of carbonyl (C=O) groups is 1. The van der Waals surface area contributed by atoms with Crippen LogP contribution in [0.15, 0.2) is 41.1 Å². The summed E-state index contributed by atoms with van der Waals surface area (Å²) in [5.41, 5.74) is 1.01. The van der Waals surface area contributed by atoms with Crippen molar-refractivity contribution in [2.24, 2.45) is 0 Å². The van der Waals surface area contributed by atoms with E-state index in [-0.39, 0.29) is 12.5 Å². The number of ether oxygens (including phenoxy) is 1. The number of aromatic amines is 1. The second-order valence-corrected chi connectivity index (χ2v) is 5.18. The lowest BCUT2D eigenvalue weighted by molar-refractivity contribution is -0.123. The lowest BCUT2D eigenvalue weighted by Crippen LogP contribution is -2.28. The molecule has 2 aromatic rings. The molecule has 0 saturated carbocycles. The van der Waals surface area contributed by atoms with Crippen LogP contribution in [0.25, 0.3) is 0 Å². The van der Waals surface area contributed by atoms with Crippen LogP contribution in [0.3, 0.4) is 0 Å². The van der Waals surface area contributed by atoms with E-state index in [2.05, 4.69) is 26.2 Å². The van der Waals surface area contributed by atoms with Crippen LogP contribution in [-0.4, -0.2) is 17.5 Å². The van der Waals surface area contributed by atoms with E-state index in [0.29, 0.717) is 17.3 Å². The Hall–Kier alpha value is -1.46. The van der Waals surface area contributed by atoms with Crippen molar-refractivity contribution < 1.29 is 9.53 Å². The first-order chi connectivity index (χ1) is 9.15. The Morgan fingerprint density at radius 1 is 1.42 bits per heavy atom. The number of benzene rings is 1. The summed E-state index contributed by atoms with van der Waals surface area (Å²) in [6.45, 7) is 0.408. The molecule has 1 aromatic heterocycles. The SMILES string of the molecule is O=C(COc1ccc(Br)cc1Cl)NCc1cc[nH]c1. The van der Waals surface area contributed by atoms with E-state index < -0.39 is 0 Å². The normalized spacial score (nSPS) is 10.2. The van der Waals surface area contributed by atoms with E-state index in [1.54, 1.807) is 24.4 Å². The zero-order chi connectivity index (χ0) is 13.7. The molecule has 0 spiro atoms. The molecule has 0 bridgehead atoms. The maximum Gasteiger partial charge on any atom is 0.258 e. The lowest BCUT2D eigenvalue weighted by atomic mass is 10.3. The summed E-state index contributed by atoms with van der Waals surface area (Å²) in [5.74, 6) is 0.293. The van der Waals surface area contributed by atoms with Gasteiger partial charge in [-0.3, -0.25) is 4.79 Å². The summed E-state index contributed by atoms with van der Waals surface area (Å²) in [6, 6.07) is 7.13. The Morgan fingerprint density at radius 3 is 2.95 bits per heavy atom. The van der Waals surface area contributed by atoms with Gasteiger partial charge in [-0.05, 0) is 29.8 Å². The number of aromatic nitrogens is 1. The molecule has 0 unspecified atom stereocenters. The van der Waals surface area contributed by atoms with Gasteiger partial charge in [-0.15, -0.1) is 0 Å². The highest BCUT2D eigenvalue weighted by Gasteiger charge is 2.06. The van der Waals surface area contributed by atoms with Gasteiger partial charge in [0.05, 0.1) is 5.02 Å². The van der Waals surface area contributed by atoms with Crippen molar-refractivity contribution in [1.29, 1.82) is 0 Å². The van der Waals surface area contributed by atoms with Crippen molar-refractivity contribution >= 4 is 33.4 Å². The standard InChI is InChI=1S/C13H12BrClN2O2/c14-10-1-2-12(11(15)5-10)19-8-13(18)17-7-9-3-4-16-6-9/h1-6,16H,7-8H2,(H,17,18). The largest absolute Gasteiger partial charge is 0.482 e. The van der Waals surface area contributed by atoms with Gasteiger partial charge >= 0.3 is 0 Å². The summed E-state index contributed by atoms with van der Waals surface area (Å²) in [5, 5.41) is 3.22. The van der Waals surface area contributed by atoms with Crippen LogP contribution in [0.2, 0.25) is 5.02 Å². The number of hydrogen-bond acceptors (Lipinski definition) is 2. The van der Waals surface area contributed by atoms with Gasteiger partial charge in [0.1, 0.15) is 5.75 Å². The fourth-order valence-electron chi connectivity index (χ4n) is 1.46. The number of nitrogens with one attached hydrogen (secondary N) is 2. The summed E-state index contributed by atoms with van der Waals surface area (Å²) in [6.07, 6.45) is 3.63. The fourth-order valence-corrected chi connectivity index (χ4v) is 2.18. The minimum atomic E-state index is -0.194. The Balaban J connectivity index is 1.80. The fraction of sp³-hybridized carbons (Fsp3) is 0.154. The summed E-state index contributed by atoms with van der Waals surface area (Å²) >= 11 is 9.28. The van der Waals surface area contributed by atoms with Gasteiger partial charge in [0.15, 0.2) is 6.61 Å². The molecule has 0 aliphatic carbocycles. The van der Waals surface area contributed by atoms with E-state index in [1.807, 2.05) is 12.3 Å². The van der Waals surface area contributed by atoms with E-state index >= 15 is 0 Å². The molecule has 1 amide bonds. The smallest absolute Gasteiger partial charge is 0.258 e. The van der Waals surface area contributed by atoms with Crippen LogP contribution in [0.5, 0.6) is 5.75 Å². The van der Waals surface area contributed by atoms with Gasteiger partial charge in [-0.2, -0.15) is 0 Å². The molecule has 4 nitrogen and oxygen atoms in total. The zero-order valence-electron chi connectivity index (χ0n) is 9.95. The quantitative estimate of drug-likeness (QED) is 0.876. The Labute approximate surface area is 124 Å². The molecule has 2 N–H and O–H groups in total. The number of rotatable bonds is 5. The Kier molecular flexibility index (Phi) is 4.87. The molecule has 1 heterocycles. The molecule has 0 aliphatic heterocycles. The first-order valence-corrected chi connectivity index (χ1v) is 6.78. The highest BCUT2D eigenvalue weighted by atomic mass is 79.9. The molecule has 0 atom stereocenters. The molecular formula is C13H12BrClN2O2. The van der Waals surface area contributed by atoms with Gasteiger partial charge in [-0.25, -0.2) is 0 Å². The number of H-pyrrole nitrogens is 1. The van der Waals surface area contributed by atoms with Crippen LogP contribution >= 0.6 is 27.5 Å². The average molecular weight is 344 g/mol. The summed E-state index contributed by atoms with van der Waals surface area (Å²) < 4.78 is 6.21. The first kappa shape index (κ1) is 14.0. The van der Waals surface area contributed by atoms with Crippen molar-refractivity contribution in [3.8, 4) is 5.75 Å². The second kappa shape index (κ2) is 6.63. The molecule has 0 aliphatic rings. The highest BCUT2D eigenvalue weighted by molar-refractivity contribution is 9.10. The Morgan fingerprint density at radius 2 is 2.26 bits per heavy atom. The Bertz CT molecular complexity index is 558. The third-order valence-electron chi connectivity index (χ3n) is 2.40. The first-order valence-electron chi connectivity index (χ1n) is 5.61. The monoisotopic (exact) mass is 342 g/mol. The molecule has 0 radical (unpaired) electrons. The minimum absolute atomic E-state index is 0.0637. The molecular weight excluding hydrogens is 332 g/mol. The van der Waals surface area contributed by atoms with E-state index in [4.69, 9.17) is 16.3 Å². The molecule has 2 rings (SSSR count). The van der Waals surface area contributed by atoms with Gasteiger partial charge in [0.25, 0.3) is 5.91 Å². The van der Waals surface area contributed by atoms with E-state index in [0.717, 1.165) is 10.0 Å². The molecule has 1 aromatic carbocycles. The molecule has 0 fully saturated rings. The maximum atomic E-state index is 11.6. The van der Waals surface area contributed by atoms with Crippen LogP contribution in [0.1, 0.15) is 5.56 Å². The van der Waals surface area contributed by atoms with Gasteiger partial charge in [0.2, 0.25) is 0 Å². The molecule has 0 saturated heterocycles. The van der Waals surface area contributed by atoms with E-state index in [1.165, 1.54) is 0 Å². The minimum Gasteiger partial charge on any atom is -0.482 e. The van der Waals surface area contributed by atoms with E-state index in [9.17, 15) is 4.79 Å². The summed E-state index contributed by atoms with van der Waals surface area (Å²) in [4.78, 5) is 14.5. The van der Waals surface area contributed by atoms with Crippen molar-refractivity contribution in [2.75, 3.05) is 6.61 Å². The molecule has 6 heteroatoms. The number of hydrogen-bond donors (Lipinski definition) is 2. The number of carbonyl (C=O) groups excluding carboxylic acids is 1. The van der Waals surface area contributed by atoms with Gasteiger partial charge < -0.3 is 15.0 Å². The average Bonchev–Trinajstić information content (AvgIpc) is 2.88. The maximum absolute atomic E-state index is 11.6. The van der Waals surface area contributed by atoms with Crippen molar-refractivity contribution in [1.82, 2.24) is 10.3 Å². The third-order valence-corrected chi connectivity index (χ3v) is 3.19. The van der Waals surface area contributed by atoms with Crippen LogP contribution in [0.4, 0.5) is 0 Å². The van der Waals surface area contributed by atoms with Crippen LogP contribution < -0.4 is 10.1 Å². The number of amides is 1. The van der Waals surface area contributed by atoms with Crippen molar-refractivity contribution in [3.05, 3.63) is 51.7 Å². The predicted molar refractivity (Wildman–Crippen MR) is 77.3 cm³/mol. The van der Waals surface area contributed by atoms with Crippen LogP contribution in [0, 0.1) is 0 Å². The van der Waals surface area contributed by atoms with Crippen LogP contribution in [-0.2, 0) is 11.3 Å². The van der Waals surface area contributed by atoms with Crippen molar-refractivity contribution in [3.63, 3.8) is 0 Å². The number of halogens is 2. The van der Waals surface area contributed by atoms with Crippen molar-refractivity contribution in [2.45, 2.75) is 6.54 Å². The molecule has 19 heavy (non-hydrogen) atoms. The predicted octanol–water partition coefficient (Wildman–Crippen LogP) is 3.13. The second-order valence-electron chi connectivity index (χ2n) is 3.86. The van der Waals surface area contributed by atoms with Gasteiger partial charge in [0, 0.05) is 23.4 Å². The zero-order valence-corrected chi connectivity index (χ0v) is 12.3. The highest BCUT2D eigenvalue weighted by Crippen LogP contribution is 2.27. The third kappa shape index (κ3) is 4.29. The van der Waals surface area contributed by atoms with Gasteiger partial charge in [-0.1, -0.05) is 27.5 Å². The molecule has 100 valence electrons. The topological polar surface area (TPSA) is 54.1 Å². The lowest BCUT2D eigenvalue weighted by Gasteiger charge is -2.08.